The standard InChI is InChI=1S/C18H21BrN2O.C2H4O.CH4O/c1-3-5-7-14-12-15(11-10-13(14)4-2)20-18(22)16-8-6-9-17(19)21-16;1-2-3;1-2/h3,5-9,15H,1,4,10-12H2,2H3,(H,20,22);2H,1H3;2H,1H3/b7-5-;;. The van der Waals surface area contributed by atoms with Crippen LogP contribution in [-0.2, 0) is 4.79 Å². The van der Waals surface area contributed by atoms with Crippen molar-refractivity contribution >= 4 is 28.1 Å². The highest BCUT2D eigenvalue weighted by molar-refractivity contribution is 9.10. The average molecular weight is 437 g/mol. The number of halogens is 1. The minimum Gasteiger partial charge on any atom is -0.400 e. The number of hydrogen-bond donors (Lipinski definition) is 2. The molecule has 1 atom stereocenters. The van der Waals surface area contributed by atoms with Crippen LogP contribution >= 0.6 is 15.9 Å². The van der Waals surface area contributed by atoms with Crippen LogP contribution in [0.1, 0.15) is 50.0 Å². The molecule has 1 unspecified atom stereocenters. The molecule has 1 aliphatic carbocycles. The van der Waals surface area contributed by atoms with E-state index in [0.717, 1.165) is 39.1 Å². The first-order valence-electron chi connectivity index (χ1n) is 8.83. The number of carbonyl (C=O) groups excluding carboxylic acids is 2. The van der Waals surface area contributed by atoms with Crippen molar-refractivity contribution < 1.29 is 14.7 Å². The Morgan fingerprint density at radius 1 is 1.44 bits per heavy atom. The van der Waals surface area contributed by atoms with E-state index in [4.69, 9.17) is 9.90 Å². The zero-order chi connectivity index (χ0) is 20.7. The predicted octanol–water partition coefficient (Wildman–Crippen LogP) is 4.39. The van der Waals surface area contributed by atoms with Crippen LogP contribution in [0.15, 0.2) is 58.8 Å². The topological polar surface area (TPSA) is 79.3 Å². The number of aromatic nitrogens is 1. The molecule has 0 radical (unpaired) electrons. The number of aliphatic hydroxyl groups excluding tert-OH is 1. The van der Waals surface area contributed by atoms with Crippen molar-refractivity contribution in [2.45, 2.75) is 45.6 Å². The third kappa shape index (κ3) is 9.45. The Hall–Kier alpha value is -2.05. The monoisotopic (exact) mass is 436 g/mol. The van der Waals surface area contributed by atoms with Gasteiger partial charge in [-0.25, -0.2) is 4.98 Å². The van der Waals surface area contributed by atoms with Gasteiger partial charge in [-0.2, -0.15) is 0 Å². The molecule has 0 aliphatic heterocycles. The van der Waals surface area contributed by atoms with E-state index in [1.54, 1.807) is 12.1 Å². The lowest BCUT2D eigenvalue weighted by atomic mass is 9.86. The Morgan fingerprint density at radius 2 is 2.11 bits per heavy atom. The summed E-state index contributed by atoms with van der Waals surface area (Å²) >= 11 is 3.29. The van der Waals surface area contributed by atoms with Crippen molar-refractivity contribution in [3.63, 3.8) is 0 Å². The summed E-state index contributed by atoms with van der Waals surface area (Å²) in [6.07, 6.45) is 10.6. The molecule has 1 aromatic heterocycles. The molecule has 27 heavy (non-hydrogen) atoms. The summed E-state index contributed by atoms with van der Waals surface area (Å²) in [5.41, 5.74) is 3.24. The first kappa shape index (κ1) is 24.9. The van der Waals surface area contributed by atoms with Crippen LogP contribution in [0, 0.1) is 0 Å². The summed E-state index contributed by atoms with van der Waals surface area (Å²) in [5, 5.41) is 10.1. The van der Waals surface area contributed by atoms with Gasteiger partial charge in [0.25, 0.3) is 5.91 Å². The number of nitrogens with zero attached hydrogens (tertiary/aromatic N) is 1. The second-order valence-electron chi connectivity index (χ2n) is 5.57. The zero-order valence-electron chi connectivity index (χ0n) is 16.2. The van der Waals surface area contributed by atoms with Gasteiger partial charge < -0.3 is 15.2 Å². The number of nitrogens with one attached hydrogen (secondary N) is 1. The van der Waals surface area contributed by atoms with Gasteiger partial charge in [0.1, 0.15) is 16.6 Å². The minimum absolute atomic E-state index is 0.113. The van der Waals surface area contributed by atoms with Crippen molar-refractivity contribution in [3.8, 4) is 0 Å². The molecule has 0 bridgehead atoms. The van der Waals surface area contributed by atoms with Crippen LogP contribution in [0.2, 0.25) is 0 Å². The van der Waals surface area contributed by atoms with Crippen molar-refractivity contribution in [2.24, 2.45) is 0 Å². The molecular weight excluding hydrogens is 408 g/mol. The number of rotatable bonds is 5. The number of allylic oxidation sites excluding steroid dienone is 4. The van der Waals surface area contributed by atoms with E-state index in [0.29, 0.717) is 10.3 Å². The molecule has 6 heteroatoms. The van der Waals surface area contributed by atoms with Crippen molar-refractivity contribution in [1.29, 1.82) is 0 Å². The highest BCUT2D eigenvalue weighted by Gasteiger charge is 2.21. The van der Waals surface area contributed by atoms with Crippen molar-refractivity contribution in [1.82, 2.24) is 10.3 Å². The van der Waals surface area contributed by atoms with Gasteiger partial charge in [0.2, 0.25) is 0 Å². The fraction of sp³-hybridized carbons (Fsp3) is 0.381. The van der Waals surface area contributed by atoms with Crippen LogP contribution in [0.5, 0.6) is 0 Å². The molecule has 148 valence electrons. The Balaban J connectivity index is 0.00000123. The maximum Gasteiger partial charge on any atom is 0.270 e. The van der Waals surface area contributed by atoms with E-state index >= 15 is 0 Å². The lowest BCUT2D eigenvalue weighted by Gasteiger charge is -2.26. The van der Waals surface area contributed by atoms with Crippen LogP contribution in [0.4, 0.5) is 0 Å². The van der Waals surface area contributed by atoms with E-state index in [1.807, 2.05) is 18.2 Å². The molecule has 5 nitrogen and oxygen atoms in total. The lowest BCUT2D eigenvalue weighted by Crippen LogP contribution is -2.37. The SMILES string of the molecule is C=C/C=C\C1=C(CC)CCC(NC(=O)c2cccc(Br)n2)C1.CC=O.CO. The zero-order valence-corrected chi connectivity index (χ0v) is 17.8. The minimum atomic E-state index is -0.113. The fourth-order valence-corrected chi connectivity index (χ4v) is 3.06. The number of aldehydes is 1. The van der Waals surface area contributed by atoms with E-state index in [2.05, 4.69) is 45.8 Å². The molecule has 0 fully saturated rings. The number of aliphatic hydroxyl groups is 1. The smallest absolute Gasteiger partial charge is 0.270 e. The third-order valence-corrected chi connectivity index (χ3v) is 4.30. The molecule has 1 heterocycles. The van der Waals surface area contributed by atoms with E-state index in [-0.39, 0.29) is 11.9 Å². The number of pyridine rings is 1. The molecule has 0 saturated carbocycles. The van der Waals surface area contributed by atoms with Gasteiger partial charge in [-0.1, -0.05) is 43.4 Å². The van der Waals surface area contributed by atoms with Crippen molar-refractivity contribution in [3.05, 3.63) is 64.4 Å². The van der Waals surface area contributed by atoms with Gasteiger partial charge in [-0.05, 0) is 66.2 Å². The molecule has 1 aliphatic rings. The highest BCUT2D eigenvalue weighted by atomic mass is 79.9. The largest absolute Gasteiger partial charge is 0.400 e. The van der Waals surface area contributed by atoms with Gasteiger partial charge in [0.15, 0.2) is 0 Å². The molecule has 2 rings (SSSR count). The second kappa shape index (κ2) is 15.1. The molecular formula is C21H29BrN2O3. The molecule has 2 N–H and O–H groups in total. The van der Waals surface area contributed by atoms with Crippen molar-refractivity contribution in [2.75, 3.05) is 7.11 Å². The normalized spacial score (nSPS) is 15.8. The Labute approximate surface area is 170 Å². The highest BCUT2D eigenvalue weighted by Crippen LogP contribution is 2.28. The summed E-state index contributed by atoms with van der Waals surface area (Å²) in [5.74, 6) is -0.113. The van der Waals surface area contributed by atoms with Crippen LogP contribution in [0.3, 0.4) is 0 Å². The van der Waals surface area contributed by atoms with Crippen LogP contribution in [-0.4, -0.2) is 35.4 Å². The van der Waals surface area contributed by atoms with Crippen LogP contribution in [0.25, 0.3) is 0 Å². The van der Waals surface area contributed by atoms with Gasteiger partial charge in [0.05, 0.1) is 0 Å². The number of carbonyl (C=O) groups is 2. The summed E-state index contributed by atoms with van der Waals surface area (Å²) in [6.45, 7) is 7.35. The number of amides is 1. The second-order valence-corrected chi connectivity index (χ2v) is 6.38. The fourth-order valence-electron chi connectivity index (χ4n) is 2.71. The summed E-state index contributed by atoms with van der Waals surface area (Å²) in [7, 11) is 1.00. The summed E-state index contributed by atoms with van der Waals surface area (Å²) < 4.78 is 0.673. The maximum absolute atomic E-state index is 12.3. The maximum atomic E-state index is 12.3. The molecule has 0 spiro atoms. The third-order valence-electron chi connectivity index (χ3n) is 3.86. The molecule has 1 amide bonds. The summed E-state index contributed by atoms with van der Waals surface area (Å²) in [6, 6.07) is 5.52. The lowest BCUT2D eigenvalue weighted by molar-refractivity contribution is -0.106. The van der Waals surface area contributed by atoms with Crippen LogP contribution < -0.4 is 5.32 Å². The van der Waals surface area contributed by atoms with E-state index in [1.165, 1.54) is 18.1 Å². The van der Waals surface area contributed by atoms with Gasteiger partial charge in [0, 0.05) is 13.2 Å². The average Bonchev–Trinajstić information content (AvgIpc) is 2.68. The Kier molecular flexibility index (Phi) is 13.9. The Morgan fingerprint density at radius 3 is 2.67 bits per heavy atom. The Bertz CT molecular complexity index is 669. The first-order chi connectivity index (χ1) is 13.0. The van der Waals surface area contributed by atoms with Gasteiger partial charge in [-0.15, -0.1) is 0 Å². The predicted molar refractivity (Wildman–Crippen MR) is 114 cm³/mol. The first-order valence-corrected chi connectivity index (χ1v) is 9.62. The molecule has 0 aromatic carbocycles. The van der Waals surface area contributed by atoms with Gasteiger partial charge >= 0.3 is 0 Å². The van der Waals surface area contributed by atoms with E-state index < -0.39 is 0 Å². The van der Waals surface area contributed by atoms with Gasteiger partial charge in [-0.3, -0.25) is 4.79 Å². The molecule has 1 aromatic rings. The number of hydrogen-bond acceptors (Lipinski definition) is 4. The quantitative estimate of drug-likeness (QED) is 0.407. The van der Waals surface area contributed by atoms with E-state index in [9.17, 15) is 4.79 Å². The molecule has 0 saturated heterocycles. The summed E-state index contributed by atoms with van der Waals surface area (Å²) in [4.78, 5) is 25.3.